The number of amides is 4. The molecule has 1 aliphatic rings. The average Bonchev–Trinajstić information content (AvgIpc) is 2.96. The molecule has 158 valence electrons. The summed E-state index contributed by atoms with van der Waals surface area (Å²) in [6, 6.07) is 9.94. The Morgan fingerprint density at radius 3 is 2.43 bits per heavy atom. The first-order valence-corrected chi connectivity index (χ1v) is 9.95. The summed E-state index contributed by atoms with van der Waals surface area (Å²) in [4.78, 5) is 39.3. The third kappa shape index (κ3) is 3.85. The molecular formula is C22H24ClN3O4. The van der Waals surface area contributed by atoms with Gasteiger partial charge in [-0.1, -0.05) is 36.7 Å². The topological polar surface area (TPSA) is 87.7 Å². The lowest BCUT2D eigenvalue weighted by molar-refractivity contribution is -0.134. The summed E-state index contributed by atoms with van der Waals surface area (Å²) < 4.78 is 5.16. The van der Waals surface area contributed by atoms with Gasteiger partial charge in [0.2, 0.25) is 5.91 Å². The maximum Gasteiger partial charge on any atom is 0.325 e. The third-order valence-electron chi connectivity index (χ3n) is 5.29. The molecule has 0 unspecified atom stereocenters. The molecule has 0 aromatic heterocycles. The van der Waals surface area contributed by atoms with E-state index < -0.39 is 29.9 Å². The van der Waals surface area contributed by atoms with Crippen LogP contribution in [0.3, 0.4) is 0 Å². The van der Waals surface area contributed by atoms with Crippen molar-refractivity contribution in [1.29, 1.82) is 0 Å². The number of hydrogen-bond acceptors (Lipinski definition) is 4. The van der Waals surface area contributed by atoms with E-state index in [1.807, 2.05) is 19.9 Å². The van der Waals surface area contributed by atoms with Crippen molar-refractivity contribution in [1.82, 2.24) is 10.2 Å². The highest BCUT2D eigenvalue weighted by Gasteiger charge is 2.51. The number of nitrogens with one attached hydrogen (secondary N) is 2. The van der Waals surface area contributed by atoms with E-state index in [4.69, 9.17) is 16.3 Å². The van der Waals surface area contributed by atoms with Crippen LogP contribution in [0, 0.1) is 13.8 Å². The van der Waals surface area contributed by atoms with Gasteiger partial charge in [0.15, 0.2) is 0 Å². The second kappa shape index (κ2) is 8.36. The van der Waals surface area contributed by atoms with E-state index in [0.29, 0.717) is 28.4 Å². The third-order valence-corrected chi connectivity index (χ3v) is 5.58. The smallest absolute Gasteiger partial charge is 0.325 e. The Kier molecular flexibility index (Phi) is 6.03. The number of urea groups is 1. The minimum Gasteiger partial charge on any atom is -0.497 e. The summed E-state index contributed by atoms with van der Waals surface area (Å²) in [5.41, 5.74) is 1.64. The number of carbonyl (C=O) groups excluding carboxylic acids is 3. The van der Waals surface area contributed by atoms with Crippen molar-refractivity contribution >= 4 is 35.1 Å². The quantitative estimate of drug-likeness (QED) is 0.684. The fourth-order valence-corrected chi connectivity index (χ4v) is 4.05. The van der Waals surface area contributed by atoms with E-state index in [2.05, 4.69) is 10.6 Å². The van der Waals surface area contributed by atoms with Crippen LogP contribution >= 0.6 is 11.6 Å². The predicted molar refractivity (Wildman–Crippen MR) is 115 cm³/mol. The molecule has 7 nitrogen and oxygen atoms in total. The van der Waals surface area contributed by atoms with Crippen molar-refractivity contribution in [2.75, 3.05) is 19.0 Å². The number of methoxy groups -OCH3 is 1. The van der Waals surface area contributed by atoms with Crippen LogP contribution in [0.1, 0.15) is 30.0 Å². The molecule has 1 fully saturated rings. The molecule has 0 bridgehead atoms. The Labute approximate surface area is 180 Å². The summed E-state index contributed by atoms with van der Waals surface area (Å²) in [7, 11) is 1.55. The Balaban J connectivity index is 1.81. The molecule has 2 aromatic rings. The zero-order chi connectivity index (χ0) is 22.1. The molecule has 1 saturated heterocycles. The number of benzene rings is 2. The van der Waals surface area contributed by atoms with Gasteiger partial charge >= 0.3 is 6.03 Å². The largest absolute Gasteiger partial charge is 0.497 e. The van der Waals surface area contributed by atoms with Crippen molar-refractivity contribution in [2.24, 2.45) is 0 Å². The van der Waals surface area contributed by atoms with Crippen molar-refractivity contribution in [3.05, 3.63) is 58.1 Å². The Morgan fingerprint density at radius 2 is 1.87 bits per heavy atom. The zero-order valence-corrected chi connectivity index (χ0v) is 18.1. The van der Waals surface area contributed by atoms with Crippen molar-refractivity contribution in [3.63, 3.8) is 0 Å². The summed E-state index contributed by atoms with van der Waals surface area (Å²) in [5, 5.41) is 5.88. The average molecular weight is 430 g/mol. The fourth-order valence-electron chi connectivity index (χ4n) is 3.68. The number of ether oxygens (including phenoxy) is 1. The number of nitrogens with zero attached hydrogens (tertiary/aromatic N) is 1. The minimum atomic E-state index is -1.22. The molecule has 0 saturated carbocycles. The summed E-state index contributed by atoms with van der Waals surface area (Å²) >= 11 is 6.24. The highest BCUT2D eigenvalue weighted by atomic mass is 35.5. The highest BCUT2D eigenvalue weighted by Crippen LogP contribution is 2.33. The van der Waals surface area contributed by atoms with Gasteiger partial charge in [0.25, 0.3) is 5.91 Å². The van der Waals surface area contributed by atoms with Gasteiger partial charge in [-0.25, -0.2) is 4.79 Å². The first-order chi connectivity index (χ1) is 14.2. The van der Waals surface area contributed by atoms with Crippen LogP contribution in [-0.4, -0.2) is 36.4 Å². The fraction of sp³-hybridized carbons (Fsp3) is 0.318. The molecule has 0 aliphatic carbocycles. The molecule has 0 radical (unpaired) electrons. The zero-order valence-electron chi connectivity index (χ0n) is 17.3. The van der Waals surface area contributed by atoms with Gasteiger partial charge < -0.3 is 15.4 Å². The van der Waals surface area contributed by atoms with E-state index in [1.165, 1.54) is 0 Å². The molecule has 2 aromatic carbocycles. The molecule has 1 heterocycles. The van der Waals surface area contributed by atoms with Gasteiger partial charge in [0, 0.05) is 0 Å². The van der Waals surface area contributed by atoms with Gasteiger partial charge in [0.05, 0.1) is 17.8 Å². The molecule has 2 N–H and O–H groups in total. The maximum absolute atomic E-state index is 13.2. The number of imide groups is 1. The van der Waals surface area contributed by atoms with Crippen LogP contribution in [0.4, 0.5) is 10.5 Å². The summed E-state index contributed by atoms with van der Waals surface area (Å²) in [6.45, 7) is 5.13. The van der Waals surface area contributed by atoms with Crippen LogP contribution in [0.25, 0.3) is 0 Å². The van der Waals surface area contributed by atoms with Crippen LogP contribution in [-0.2, 0) is 15.1 Å². The van der Waals surface area contributed by atoms with E-state index in [9.17, 15) is 14.4 Å². The molecule has 8 heteroatoms. The second-order valence-electron chi connectivity index (χ2n) is 7.30. The number of anilines is 1. The predicted octanol–water partition coefficient (Wildman–Crippen LogP) is 3.76. The van der Waals surface area contributed by atoms with Crippen LogP contribution < -0.4 is 15.4 Å². The van der Waals surface area contributed by atoms with Crippen molar-refractivity contribution in [3.8, 4) is 5.75 Å². The number of halogens is 1. The summed E-state index contributed by atoms with van der Waals surface area (Å²) in [5.74, 6) is -0.334. The monoisotopic (exact) mass is 429 g/mol. The molecule has 0 spiro atoms. The molecule has 1 atom stereocenters. The first-order valence-electron chi connectivity index (χ1n) is 9.57. The van der Waals surface area contributed by atoms with Gasteiger partial charge in [-0.2, -0.15) is 0 Å². The molecule has 30 heavy (non-hydrogen) atoms. The van der Waals surface area contributed by atoms with Gasteiger partial charge in [-0.3, -0.25) is 14.5 Å². The van der Waals surface area contributed by atoms with Crippen molar-refractivity contribution in [2.45, 2.75) is 32.7 Å². The Bertz CT molecular complexity index is 983. The van der Waals surface area contributed by atoms with E-state index in [-0.39, 0.29) is 0 Å². The lowest BCUT2D eigenvalue weighted by atomic mass is 9.87. The highest BCUT2D eigenvalue weighted by molar-refractivity contribution is 6.34. The van der Waals surface area contributed by atoms with Crippen LogP contribution in [0.2, 0.25) is 5.02 Å². The number of hydrogen-bond donors (Lipinski definition) is 2. The number of rotatable bonds is 6. The van der Waals surface area contributed by atoms with Crippen molar-refractivity contribution < 1.29 is 19.1 Å². The Hall–Kier alpha value is -3.06. The number of aryl methyl sites for hydroxylation is 2. The molecule has 4 amide bonds. The standard InChI is InChI=1S/C22H24ClN3O4/c1-5-22(15-6-8-16(30-4)9-7-15)20(28)26(21(29)25-22)12-18(27)24-19-14(3)10-13(2)11-17(19)23/h6-11H,5,12H2,1-4H3,(H,24,27)(H,25,29)/t22-/m1/s1. The second-order valence-corrected chi connectivity index (χ2v) is 7.70. The molecule has 1 aliphatic heterocycles. The van der Waals surface area contributed by atoms with Gasteiger partial charge in [-0.05, 0) is 55.2 Å². The summed E-state index contributed by atoms with van der Waals surface area (Å²) in [6.07, 6.45) is 0.338. The van der Waals surface area contributed by atoms with E-state index in [1.54, 1.807) is 44.4 Å². The van der Waals surface area contributed by atoms with E-state index >= 15 is 0 Å². The molecular weight excluding hydrogens is 406 g/mol. The number of carbonyl (C=O) groups is 3. The maximum atomic E-state index is 13.2. The minimum absolute atomic E-state index is 0.338. The van der Waals surface area contributed by atoms with Gasteiger partial charge in [0.1, 0.15) is 17.8 Å². The SMILES string of the molecule is CC[C@]1(c2ccc(OC)cc2)NC(=O)N(CC(=O)Nc2c(C)cc(C)cc2Cl)C1=O. The normalized spacial score (nSPS) is 18.4. The van der Waals surface area contributed by atoms with Crippen LogP contribution in [0.5, 0.6) is 5.75 Å². The molecule has 3 rings (SSSR count). The van der Waals surface area contributed by atoms with Crippen LogP contribution in [0.15, 0.2) is 36.4 Å². The van der Waals surface area contributed by atoms with Gasteiger partial charge in [-0.15, -0.1) is 0 Å². The lowest BCUT2D eigenvalue weighted by Crippen LogP contribution is -2.44. The first kappa shape index (κ1) is 21.6. The van der Waals surface area contributed by atoms with E-state index in [0.717, 1.165) is 16.0 Å². The Morgan fingerprint density at radius 1 is 1.20 bits per heavy atom. The lowest BCUT2D eigenvalue weighted by Gasteiger charge is -2.26.